The Morgan fingerprint density at radius 1 is 1.27 bits per heavy atom. The Labute approximate surface area is 155 Å². The summed E-state index contributed by atoms with van der Waals surface area (Å²) in [5, 5.41) is 5.89. The molecule has 1 aromatic carbocycles. The maximum atomic E-state index is 12.5. The van der Waals surface area contributed by atoms with Gasteiger partial charge in [0.15, 0.2) is 6.10 Å². The van der Waals surface area contributed by atoms with Crippen molar-refractivity contribution < 1.29 is 18.8 Å². The number of ether oxygens (including phenoxy) is 2. The quantitative estimate of drug-likeness (QED) is 0.633. The van der Waals surface area contributed by atoms with E-state index in [2.05, 4.69) is 10.1 Å². The number of rotatable bonds is 7. The highest BCUT2D eigenvalue weighted by molar-refractivity contribution is 7.13. The molecular formula is C18H19N3O4S. The van der Waals surface area contributed by atoms with Gasteiger partial charge in [-0.1, -0.05) is 11.2 Å². The minimum atomic E-state index is -0.645. The highest BCUT2D eigenvalue weighted by Crippen LogP contribution is 2.22. The van der Waals surface area contributed by atoms with E-state index in [4.69, 9.17) is 14.0 Å². The van der Waals surface area contributed by atoms with Crippen LogP contribution in [0.15, 0.2) is 46.3 Å². The van der Waals surface area contributed by atoms with Crippen LogP contribution >= 0.6 is 11.3 Å². The SMILES string of the molecule is COc1ccc(OC(C)C(=O)N(C)Cc2nc(-c3cccs3)no2)cc1. The number of thiophene rings is 1. The molecule has 1 unspecified atom stereocenters. The minimum absolute atomic E-state index is 0.184. The standard InChI is InChI=1S/C18H19N3O4S/c1-12(24-14-8-6-13(23-3)7-9-14)18(22)21(2)11-16-19-17(20-25-16)15-5-4-10-26-15/h4-10,12H,11H2,1-3H3. The van der Waals surface area contributed by atoms with Crippen LogP contribution in [0, 0.1) is 0 Å². The van der Waals surface area contributed by atoms with Gasteiger partial charge in [-0.2, -0.15) is 4.98 Å². The second-order valence-corrected chi connectivity index (χ2v) is 6.57. The number of hydrogen-bond donors (Lipinski definition) is 0. The van der Waals surface area contributed by atoms with Crippen molar-refractivity contribution in [3.63, 3.8) is 0 Å². The predicted molar refractivity (Wildman–Crippen MR) is 97.2 cm³/mol. The highest BCUT2D eigenvalue weighted by Gasteiger charge is 2.21. The molecule has 1 amide bonds. The van der Waals surface area contributed by atoms with Gasteiger partial charge in [-0.3, -0.25) is 4.79 Å². The summed E-state index contributed by atoms with van der Waals surface area (Å²) >= 11 is 1.53. The number of likely N-dealkylation sites (N-methyl/N-ethyl adjacent to an activating group) is 1. The highest BCUT2D eigenvalue weighted by atomic mass is 32.1. The van der Waals surface area contributed by atoms with Crippen molar-refractivity contribution in [1.29, 1.82) is 0 Å². The number of amides is 1. The Balaban J connectivity index is 1.58. The van der Waals surface area contributed by atoms with Crippen molar-refractivity contribution in [2.24, 2.45) is 0 Å². The van der Waals surface area contributed by atoms with Gasteiger partial charge in [-0.05, 0) is 42.6 Å². The van der Waals surface area contributed by atoms with E-state index in [0.29, 0.717) is 17.5 Å². The van der Waals surface area contributed by atoms with Crippen LogP contribution in [0.1, 0.15) is 12.8 Å². The van der Waals surface area contributed by atoms with E-state index in [1.807, 2.05) is 17.5 Å². The maximum Gasteiger partial charge on any atom is 0.263 e. The van der Waals surface area contributed by atoms with E-state index in [1.165, 1.54) is 16.2 Å². The first-order valence-electron chi connectivity index (χ1n) is 7.99. The Hall–Kier alpha value is -2.87. The Bertz CT molecular complexity index is 846. The van der Waals surface area contributed by atoms with Crippen molar-refractivity contribution in [3.05, 3.63) is 47.7 Å². The molecule has 0 aliphatic rings. The molecule has 2 heterocycles. The van der Waals surface area contributed by atoms with Crippen molar-refractivity contribution in [1.82, 2.24) is 15.0 Å². The normalized spacial score (nSPS) is 11.8. The van der Waals surface area contributed by atoms with Crippen LogP contribution < -0.4 is 9.47 Å². The molecule has 26 heavy (non-hydrogen) atoms. The summed E-state index contributed by atoms with van der Waals surface area (Å²) in [6, 6.07) is 10.9. The van der Waals surface area contributed by atoms with Crippen molar-refractivity contribution in [2.75, 3.05) is 14.2 Å². The fraction of sp³-hybridized carbons (Fsp3) is 0.278. The van der Waals surface area contributed by atoms with E-state index >= 15 is 0 Å². The Kier molecular flexibility index (Phi) is 5.52. The monoisotopic (exact) mass is 373 g/mol. The van der Waals surface area contributed by atoms with Gasteiger partial charge in [-0.15, -0.1) is 11.3 Å². The molecule has 0 spiro atoms. The number of methoxy groups -OCH3 is 1. The van der Waals surface area contributed by atoms with Crippen molar-refractivity contribution in [3.8, 4) is 22.2 Å². The molecule has 8 heteroatoms. The summed E-state index contributed by atoms with van der Waals surface area (Å²) in [4.78, 5) is 19.2. The van der Waals surface area contributed by atoms with Gasteiger partial charge in [0.2, 0.25) is 11.7 Å². The third-order valence-electron chi connectivity index (χ3n) is 3.68. The largest absolute Gasteiger partial charge is 0.497 e. The van der Waals surface area contributed by atoms with Crippen LogP contribution in [-0.4, -0.2) is 41.2 Å². The summed E-state index contributed by atoms with van der Waals surface area (Å²) in [5.41, 5.74) is 0. The number of aromatic nitrogens is 2. The van der Waals surface area contributed by atoms with Crippen LogP contribution in [0.5, 0.6) is 11.5 Å². The molecule has 0 aliphatic heterocycles. The van der Waals surface area contributed by atoms with Crippen LogP contribution in [0.2, 0.25) is 0 Å². The van der Waals surface area contributed by atoms with Crippen LogP contribution in [-0.2, 0) is 11.3 Å². The third-order valence-corrected chi connectivity index (χ3v) is 4.54. The summed E-state index contributed by atoms with van der Waals surface area (Å²) in [6.07, 6.45) is -0.645. The molecule has 3 aromatic rings. The van der Waals surface area contributed by atoms with Gasteiger partial charge in [-0.25, -0.2) is 0 Å². The molecule has 0 bridgehead atoms. The molecule has 1 atom stereocenters. The molecule has 0 fully saturated rings. The lowest BCUT2D eigenvalue weighted by Gasteiger charge is -2.20. The van der Waals surface area contributed by atoms with Gasteiger partial charge in [0.05, 0.1) is 18.5 Å². The molecule has 7 nitrogen and oxygen atoms in total. The van der Waals surface area contributed by atoms with Crippen LogP contribution in [0.3, 0.4) is 0 Å². The molecule has 0 saturated heterocycles. The average Bonchev–Trinajstić information content (AvgIpc) is 3.33. The van der Waals surface area contributed by atoms with Crippen molar-refractivity contribution >= 4 is 17.2 Å². The summed E-state index contributed by atoms with van der Waals surface area (Å²) in [7, 11) is 3.27. The summed E-state index contributed by atoms with van der Waals surface area (Å²) in [5.74, 6) is 2.04. The predicted octanol–water partition coefficient (Wildman–Crippen LogP) is 3.23. The van der Waals surface area contributed by atoms with Crippen molar-refractivity contribution in [2.45, 2.75) is 19.6 Å². The molecular weight excluding hydrogens is 354 g/mol. The van der Waals surface area contributed by atoms with Gasteiger partial charge in [0.1, 0.15) is 11.5 Å². The first-order chi connectivity index (χ1) is 12.6. The fourth-order valence-electron chi connectivity index (χ4n) is 2.32. The van der Waals surface area contributed by atoms with E-state index in [0.717, 1.165) is 10.6 Å². The van der Waals surface area contributed by atoms with E-state index in [9.17, 15) is 4.79 Å². The number of carbonyl (C=O) groups is 1. The smallest absolute Gasteiger partial charge is 0.263 e. The number of nitrogens with zero attached hydrogens (tertiary/aromatic N) is 3. The molecule has 0 radical (unpaired) electrons. The van der Waals surface area contributed by atoms with Gasteiger partial charge < -0.3 is 18.9 Å². The molecule has 0 aliphatic carbocycles. The van der Waals surface area contributed by atoms with E-state index in [-0.39, 0.29) is 12.5 Å². The lowest BCUT2D eigenvalue weighted by Crippen LogP contribution is -2.37. The van der Waals surface area contributed by atoms with Gasteiger partial charge in [0, 0.05) is 7.05 Å². The first-order valence-corrected chi connectivity index (χ1v) is 8.87. The zero-order valence-electron chi connectivity index (χ0n) is 14.7. The molecule has 0 N–H and O–H groups in total. The third kappa shape index (κ3) is 4.20. The zero-order valence-corrected chi connectivity index (χ0v) is 15.5. The lowest BCUT2D eigenvalue weighted by molar-refractivity contribution is -0.137. The summed E-state index contributed by atoms with van der Waals surface area (Å²) in [6.45, 7) is 1.92. The summed E-state index contributed by atoms with van der Waals surface area (Å²) < 4.78 is 16.0. The van der Waals surface area contributed by atoms with Crippen LogP contribution in [0.4, 0.5) is 0 Å². The first kappa shape index (κ1) is 17.9. The second-order valence-electron chi connectivity index (χ2n) is 5.62. The van der Waals surface area contributed by atoms with E-state index in [1.54, 1.807) is 45.3 Å². The number of hydrogen-bond acceptors (Lipinski definition) is 7. The Morgan fingerprint density at radius 2 is 2.00 bits per heavy atom. The topological polar surface area (TPSA) is 77.7 Å². The molecule has 2 aromatic heterocycles. The minimum Gasteiger partial charge on any atom is -0.497 e. The average molecular weight is 373 g/mol. The fourth-order valence-corrected chi connectivity index (χ4v) is 2.97. The van der Waals surface area contributed by atoms with E-state index < -0.39 is 6.10 Å². The number of carbonyl (C=O) groups excluding carboxylic acids is 1. The van der Waals surface area contributed by atoms with Gasteiger partial charge >= 0.3 is 0 Å². The molecule has 3 rings (SSSR count). The lowest BCUT2D eigenvalue weighted by atomic mass is 10.3. The van der Waals surface area contributed by atoms with Gasteiger partial charge in [0.25, 0.3) is 5.91 Å². The zero-order chi connectivity index (χ0) is 18.5. The Morgan fingerprint density at radius 3 is 2.65 bits per heavy atom. The second kappa shape index (κ2) is 8.01. The molecule has 136 valence electrons. The van der Waals surface area contributed by atoms with Crippen LogP contribution in [0.25, 0.3) is 10.7 Å². The maximum absolute atomic E-state index is 12.5. The molecule has 0 saturated carbocycles. The number of benzene rings is 1.